The van der Waals surface area contributed by atoms with Crippen molar-refractivity contribution < 1.29 is 28.3 Å². The maximum Gasteiger partial charge on any atom is 0.310 e. The molecule has 1 fully saturated rings. The fourth-order valence-corrected chi connectivity index (χ4v) is 3.61. The Bertz CT molecular complexity index is 827. The number of piperidine rings is 1. The fourth-order valence-electron chi connectivity index (χ4n) is 3.61. The molecule has 0 saturated carbocycles. The van der Waals surface area contributed by atoms with Crippen molar-refractivity contribution in [1.82, 2.24) is 15.1 Å². The summed E-state index contributed by atoms with van der Waals surface area (Å²) in [4.78, 5) is 53.1. The number of nitrogens with one attached hydrogen (secondary N) is 1. The van der Waals surface area contributed by atoms with Crippen molar-refractivity contribution in [3.8, 4) is 0 Å². The van der Waals surface area contributed by atoms with Crippen molar-refractivity contribution >= 4 is 23.7 Å². The summed E-state index contributed by atoms with van der Waals surface area (Å²) in [7, 11) is 1.51. The highest BCUT2D eigenvalue weighted by molar-refractivity contribution is 5.98. The Labute approximate surface area is 188 Å². The van der Waals surface area contributed by atoms with E-state index in [9.17, 15) is 23.6 Å². The van der Waals surface area contributed by atoms with E-state index in [0.29, 0.717) is 26.0 Å². The molecule has 2 unspecified atom stereocenters. The second-order valence-corrected chi connectivity index (χ2v) is 8.33. The van der Waals surface area contributed by atoms with Crippen molar-refractivity contribution in [3.05, 3.63) is 35.6 Å². The normalized spacial score (nSPS) is 16.9. The highest BCUT2D eigenvalue weighted by Gasteiger charge is 2.32. The Morgan fingerprint density at radius 2 is 1.88 bits per heavy atom. The lowest BCUT2D eigenvalue weighted by Crippen LogP contribution is -2.53. The number of carbonyl (C=O) groups is 4. The fraction of sp³-hybridized carbons (Fsp3) is 0.565. The van der Waals surface area contributed by atoms with E-state index in [1.54, 1.807) is 25.7 Å². The van der Waals surface area contributed by atoms with Crippen LogP contribution in [-0.4, -0.2) is 72.8 Å². The molecule has 1 aliphatic rings. The Hall–Kier alpha value is -2.97. The van der Waals surface area contributed by atoms with E-state index in [1.165, 1.54) is 36.2 Å². The van der Waals surface area contributed by atoms with Crippen LogP contribution in [0.15, 0.2) is 24.3 Å². The van der Waals surface area contributed by atoms with Gasteiger partial charge >= 0.3 is 5.97 Å². The van der Waals surface area contributed by atoms with Crippen molar-refractivity contribution in [3.63, 3.8) is 0 Å². The number of rotatable bonds is 8. The van der Waals surface area contributed by atoms with E-state index in [4.69, 9.17) is 4.74 Å². The number of hydrogen-bond donors (Lipinski definition) is 1. The lowest BCUT2D eigenvalue weighted by Gasteiger charge is -2.33. The molecule has 2 atom stereocenters. The molecule has 0 aliphatic carbocycles. The molecule has 32 heavy (non-hydrogen) atoms. The average Bonchev–Trinajstić information content (AvgIpc) is 2.77. The van der Waals surface area contributed by atoms with Gasteiger partial charge in [0.15, 0.2) is 0 Å². The van der Waals surface area contributed by atoms with Gasteiger partial charge in [-0.3, -0.25) is 19.2 Å². The number of benzene rings is 1. The average molecular weight is 450 g/mol. The Kier molecular flexibility index (Phi) is 9.16. The Morgan fingerprint density at radius 3 is 2.47 bits per heavy atom. The lowest BCUT2D eigenvalue weighted by atomic mass is 9.98. The number of nitrogens with zero attached hydrogens (tertiary/aromatic N) is 2. The summed E-state index contributed by atoms with van der Waals surface area (Å²) in [6, 6.07) is 4.19. The summed E-state index contributed by atoms with van der Waals surface area (Å²) < 4.78 is 18.2. The minimum absolute atomic E-state index is 0.163. The number of likely N-dealkylation sites (N-methyl/N-ethyl adjacent to an activating group) is 1. The van der Waals surface area contributed by atoms with Crippen LogP contribution in [0, 0.1) is 17.7 Å². The van der Waals surface area contributed by atoms with E-state index in [2.05, 4.69) is 5.32 Å². The first-order valence-corrected chi connectivity index (χ1v) is 10.9. The predicted molar refractivity (Wildman–Crippen MR) is 116 cm³/mol. The molecule has 3 amide bonds. The van der Waals surface area contributed by atoms with Gasteiger partial charge in [-0.05, 0) is 49.9 Å². The summed E-state index contributed by atoms with van der Waals surface area (Å²) in [5, 5.41) is 2.68. The largest absolute Gasteiger partial charge is 0.466 e. The summed E-state index contributed by atoms with van der Waals surface area (Å²) in [5.41, 5.74) is 0.238. The smallest absolute Gasteiger partial charge is 0.310 e. The second kappa shape index (κ2) is 11.6. The number of likely N-dealkylation sites (tertiary alicyclic amines) is 1. The molecule has 1 aliphatic heterocycles. The van der Waals surface area contributed by atoms with Gasteiger partial charge in [-0.2, -0.15) is 0 Å². The molecule has 1 aromatic rings. The maximum absolute atomic E-state index is 13.1. The summed E-state index contributed by atoms with van der Waals surface area (Å²) in [6.45, 7) is 6.24. The monoisotopic (exact) mass is 449 g/mol. The molecule has 2 rings (SSSR count). The van der Waals surface area contributed by atoms with Crippen molar-refractivity contribution in [1.29, 1.82) is 0 Å². The van der Waals surface area contributed by atoms with Gasteiger partial charge in [-0.1, -0.05) is 13.8 Å². The number of carbonyl (C=O) groups excluding carboxylic acids is 4. The molecule has 1 N–H and O–H groups in total. The Morgan fingerprint density at radius 1 is 1.22 bits per heavy atom. The van der Waals surface area contributed by atoms with E-state index in [1.807, 2.05) is 0 Å². The van der Waals surface area contributed by atoms with Gasteiger partial charge < -0.3 is 19.9 Å². The van der Waals surface area contributed by atoms with E-state index < -0.39 is 23.7 Å². The first-order chi connectivity index (χ1) is 15.1. The van der Waals surface area contributed by atoms with Gasteiger partial charge in [-0.15, -0.1) is 0 Å². The highest BCUT2D eigenvalue weighted by Crippen LogP contribution is 2.18. The maximum atomic E-state index is 13.1. The molecule has 9 heteroatoms. The Balaban J connectivity index is 1.98. The van der Waals surface area contributed by atoms with Crippen LogP contribution < -0.4 is 5.32 Å². The van der Waals surface area contributed by atoms with Crippen LogP contribution >= 0.6 is 0 Å². The quantitative estimate of drug-likeness (QED) is 0.611. The van der Waals surface area contributed by atoms with Crippen LogP contribution in [0.2, 0.25) is 0 Å². The molecule has 0 bridgehead atoms. The minimum Gasteiger partial charge on any atom is -0.466 e. The van der Waals surface area contributed by atoms with Crippen LogP contribution in [0.4, 0.5) is 4.39 Å². The van der Waals surface area contributed by atoms with Gasteiger partial charge in [0.05, 0.1) is 19.1 Å². The van der Waals surface area contributed by atoms with Crippen molar-refractivity contribution in [2.24, 2.45) is 11.8 Å². The van der Waals surface area contributed by atoms with E-state index >= 15 is 0 Å². The van der Waals surface area contributed by atoms with Crippen LogP contribution in [0.1, 0.15) is 44.0 Å². The van der Waals surface area contributed by atoms with Crippen LogP contribution in [-0.2, 0) is 19.1 Å². The SMILES string of the molecule is CCOC(=O)C1CCCN(C(=O)CN(C)C(=O)C(NC(=O)c2ccc(F)cc2)C(C)C)C1. The summed E-state index contributed by atoms with van der Waals surface area (Å²) in [6.07, 6.45) is 1.36. The first-order valence-electron chi connectivity index (χ1n) is 10.9. The zero-order valence-corrected chi connectivity index (χ0v) is 19.1. The van der Waals surface area contributed by atoms with Gasteiger partial charge in [0.25, 0.3) is 5.91 Å². The first kappa shape index (κ1) is 25.3. The lowest BCUT2D eigenvalue weighted by molar-refractivity contribution is -0.152. The summed E-state index contributed by atoms with van der Waals surface area (Å²) in [5.74, 6) is -2.51. The van der Waals surface area contributed by atoms with Crippen molar-refractivity contribution in [2.75, 3.05) is 33.3 Å². The third kappa shape index (κ3) is 6.77. The number of halogens is 1. The van der Waals surface area contributed by atoms with Gasteiger partial charge in [0.2, 0.25) is 11.8 Å². The number of esters is 1. The topological polar surface area (TPSA) is 96.0 Å². The molecule has 1 saturated heterocycles. The molecule has 176 valence electrons. The standard InChI is InChI=1S/C23H32FN3O5/c1-5-32-23(31)17-7-6-12-27(13-17)19(28)14-26(4)22(30)20(15(2)3)25-21(29)16-8-10-18(24)11-9-16/h8-11,15,17,20H,5-7,12-14H2,1-4H3,(H,25,29). The molecule has 0 aromatic heterocycles. The third-order valence-electron chi connectivity index (χ3n) is 5.47. The van der Waals surface area contributed by atoms with E-state index in [-0.39, 0.29) is 42.4 Å². The molecular formula is C23H32FN3O5. The van der Waals surface area contributed by atoms with E-state index in [0.717, 1.165) is 0 Å². The van der Waals surface area contributed by atoms with Gasteiger partial charge in [0, 0.05) is 25.7 Å². The molecule has 0 radical (unpaired) electrons. The van der Waals surface area contributed by atoms with Crippen LogP contribution in [0.25, 0.3) is 0 Å². The molecular weight excluding hydrogens is 417 g/mol. The second-order valence-electron chi connectivity index (χ2n) is 8.33. The van der Waals surface area contributed by atoms with Crippen LogP contribution in [0.3, 0.4) is 0 Å². The number of hydrogen-bond acceptors (Lipinski definition) is 5. The minimum atomic E-state index is -0.848. The zero-order chi connectivity index (χ0) is 23.8. The third-order valence-corrected chi connectivity index (χ3v) is 5.47. The number of ether oxygens (including phenoxy) is 1. The predicted octanol–water partition coefficient (Wildman–Crippen LogP) is 1.84. The molecule has 0 spiro atoms. The zero-order valence-electron chi connectivity index (χ0n) is 19.1. The van der Waals surface area contributed by atoms with Gasteiger partial charge in [0.1, 0.15) is 11.9 Å². The van der Waals surface area contributed by atoms with Gasteiger partial charge in [-0.25, -0.2) is 4.39 Å². The molecule has 1 heterocycles. The summed E-state index contributed by atoms with van der Waals surface area (Å²) >= 11 is 0. The van der Waals surface area contributed by atoms with Crippen LogP contribution in [0.5, 0.6) is 0 Å². The molecule has 1 aromatic carbocycles. The highest BCUT2D eigenvalue weighted by atomic mass is 19.1. The molecule has 8 nitrogen and oxygen atoms in total. The van der Waals surface area contributed by atoms with Crippen molar-refractivity contribution in [2.45, 2.75) is 39.7 Å². The number of amides is 3.